The number of ether oxygens (including phenoxy) is 1. The maximum atomic E-state index is 10.9. The van der Waals surface area contributed by atoms with Crippen molar-refractivity contribution in [3.63, 3.8) is 0 Å². The van der Waals surface area contributed by atoms with Crippen LogP contribution in [0, 0.1) is 0 Å². The fraction of sp³-hybridized carbons (Fsp3) is 0.286. The van der Waals surface area contributed by atoms with Gasteiger partial charge in [-0.2, -0.15) is 15.0 Å². The average molecular weight is 364 g/mol. The van der Waals surface area contributed by atoms with Crippen molar-refractivity contribution in [2.45, 2.75) is 0 Å². The van der Waals surface area contributed by atoms with Crippen LogP contribution in [0.25, 0.3) is 22.5 Å². The molecule has 0 unspecified atom stereocenters. The molecule has 0 spiro atoms. The number of aromatic nitrogens is 3. The molecule has 0 saturated carbocycles. The molecule has 0 amide bonds. The summed E-state index contributed by atoms with van der Waals surface area (Å²) >= 11 is 0. The largest absolute Gasteiger partial charge is 0.379 e. The quantitative estimate of drug-likeness (QED) is 0.669. The molecular formula is C21H24N4O2. The van der Waals surface area contributed by atoms with E-state index in [-0.39, 0.29) is 0 Å². The molecule has 0 atom stereocenters. The molecule has 0 N–H and O–H groups in total. The monoisotopic (exact) mass is 364 g/mol. The van der Waals surface area contributed by atoms with Crippen LogP contribution in [-0.4, -0.2) is 59.5 Å². The van der Waals surface area contributed by atoms with E-state index in [1.165, 1.54) is 0 Å². The fourth-order valence-electron chi connectivity index (χ4n) is 2.81. The molecule has 1 aliphatic heterocycles. The standard InChI is InChI=1S/C16H13N3O.C5H11NO/c1-19-17-15(13-7-3-2-4-8-13)16(18-19)14-9-5-6-12(10-14)11-20;1-6-2-4-7-5-3-6/h2-11H,1H3;2-5H2,1H3. The summed E-state index contributed by atoms with van der Waals surface area (Å²) < 4.78 is 5.10. The first kappa shape index (κ1) is 18.9. The molecule has 0 radical (unpaired) electrons. The summed E-state index contributed by atoms with van der Waals surface area (Å²) in [6.45, 7) is 4.02. The van der Waals surface area contributed by atoms with Gasteiger partial charge in [-0.25, -0.2) is 0 Å². The Bertz CT molecular complexity index is 871. The van der Waals surface area contributed by atoms with Gasteiger partial charge in [0.05, 0.1) is 13.2 Å². The number of morpholine rings is 1. The van der Waals surface area contributed by atoms with E-state index in [2.05, 4.69) is 22.1 Å². The highest BCUT2D eigenvalue weighted by molar-refractivity contribution is 5.82. The van der Waals surface area contributed by atoms with Crippen LogP contribution in [0.3, 0.4) is 0 Å². The Morgan fingerprint density at radius 1 is 0.889 bits per heavy atom. The summed E-state index contributed by atoms with van der Waals surface area (Å²) in [5.41, 5.74) is 4.12. The lowest BCUT2D eigenvalue weighted by atomic mass is 10.0. The van der Waals surface area contributed by atoms with Crippen LogP contribution in [0.5, 0.6) is 0 Å². The molecular weight excluding hydrogens is 340 g/mol. The maximum Gasteiger partial charge on any atom is 0.150 e. The first-order valence-corrected chi connectivity index (χ1v) is 8.96. The first-order valence-electron chi connectivity index (χ1n) is 8.96. The SMILES string of the molecule is CN1CCOCC1.Cn1nc(-c2ccccc2)c(-c2cccc(C=O)c2)n1. The second-order valence-corrected chi connectivity index (χ2v) is 6.41. The minimum atomic E-state index is 0.632. The molecule has 6 nitrogen and oxygen atoms in total. The predicted octanol–water partition coefficient (Wildman–Crippen LogP) is 2.91. The van der Waals surface area contributed by atoms with Crippen molar-refractivity contribution in [3.05, 3.63) is 60.2 Å². The van der Waals surface area contributed by atoms with Gasteiger partial charge in [0.2, 0.25) is 0 Å². The van der Waals surface area contributed by atoms with Crippen LogP contribution in [0.15, 0.2) is 54.6 Å². The normalized spacial score (nSPS) is 14.3. The van der Waals surface area contributed by atoms with E-state index in [1.54, 1.807) is 17.9 Å². The molecule has 0 aliphatic carbocycles. The number of likely N-dealkylation sites (N-methyl/N-ethyl adjacent to an activating group) is 1. The van der Waals surface area contributed by atoms with Gasteiger partial charge in [0.15, 0.2) is 0 Å². The average Bonchev–Trinajstić information content (AvgIpc) is 3.12. The number of carbonyl (C=O) groups excluding carboxylic acids is 1. The number of aldehydes is 1. The minimum absolute atomic E-state index is 0.632. The second kappa shape index (κ2) is 9.21. The van der Waals surface area contributed by atoms with Gasteiger partial charge in [0, 0.05) is 36.8 Å². The Labute approximate surface area is 159 Å². The highest BCUT2D eigenvalue weighted by Gasteiger charge is 2.14. The first-order chi connectivity index (χ1) is 13.2. The van der Waals surface area contributed by atoms with E-state index in [9.17, 15) is 4.79 Å². The van der Waals surface area contributed by atoms with E-state index in [1.807, 2.05) is 48.5 Å². The third-order valence-corrected chi connectivity index (χ3v) is 4.29. The van der Waals surface area contributed by atoms with Crippen molar-refractivity contribution in [2.24, 2.45) is 7.05 Å². The van der Waals surface area contributed by atoms with Crippen LogP contribution in [0.4, 0.5) is 0 Å². The van der Waals surface area contributed by atoms with Crippen LogP contribution in [-0.2, 0) is 11.8 Å². The van der Waals surface area contributed by atoms with E-state index in [4.69, 9.17) is 4.74 Å². The topological polar surface area (TPSA) is 60.2 Å². The van der Waals surface area contributed by atoms with Gasteiger partial charge in [0.25, 0.3) is 0 Å². The number of hydrogen-bond acceptors (Lipinski definition) is 5. The van der Waals surface area contributed by atoms with Gasteiger partial charge < -0.3 is 9.64 Å². The van der Waals surface area contributed by atoms with Gasteiger partial charge in [-0.05, 0) is 13.1 Å². The van der Waals surface area contributed by atoms with Gasteiger partial charge in [0.1, 0.15) is 17.7 Å². The molecule has 3 aromatic rings. The van der Waals surface area contributed by atoms with Gasteiger partial charge in [-0.1, -0.05) is 48.5 Å². The van der Waals surface area contributed by atoms with Crippen molar-refractivity contribution < 1.29 is 9.53 Å². The maximum absolute atomic E-state index is 10.9. The summed E-state index contributed by atoms with van der Waals surface area (Å²) in [4.78, 5) is 14.7. The molecule has 0 bridgehead atoms. The predicted molar refractivity (Wildman–Crippen MR) is 106 cm³/mol. The molecule has 140 valence electrons. The van der Waals surface area contributed by atoms with Gasteiger partial charge >= 0.3 is 0 Å². The Morgan fingerprint density at radius 3 is 2.11 bits per heavy atom. The summed E-state index contributed by atoms with van der Waals surface area (Å²) in [5.74, 6) is 0. The number of hydrogen-bond donors (Lipinski definition) is 0. The fourth-order valence-corrected chi connectivity index (χ4v) is 2.81. The highest BCUT2D eigenvalue weighted by Crippen LogP contribution is 2.28. The van der Waals surface area contributed by atoms with E-state index in [0.717, 1.165) is 55.1 Å². The Balaban J connectivity index is 0.000000253. The number of nitrogens with zero attached hydrogens (tertiary/aromatic N) is 4. The van der Waals surface area contributed by atoms with E-state index < -0.39 is 0 Å². The van der Waals surface area contributed by atoms with Crippen molar-refractivity contribution in [2.75, 3.05) is 33.4 Å². The van der Waals surface area contributed by atoms with Crippen LogP contribution >= 0.6 is 0 Å². The zero-order chi connectivity index (χ0) is 19.1. The summed E-state index contributed by atoms with van der Waals surface area (Å²) in [7, 11) is 3.90. The minimum Gasteiger partial charge on any atom is -0.379 e. The lowest BCUT2D eigenvalue weighted by Crippen LogP contribution is -2.32. The number of benzene rings is 2. The zero-order valence-electron chi connectivity index (χ0n) is 15.7. The van der Waals surface area contributed by atoms with Gasteiger partial charge in [-0.15, -0.1) is 0 Å². The van der Waals surface area contributed by atoms with Gasteiger partial charge in [-0.3, -0.25) is 4.79 Å². The molecule has 2 aromatic carbocycles. The molecule has 2 heterocycles. The molecule has 27 heavy (non-hydrogen) atoms. The van der Waals surface area contributed by atoms with Crippen molar-refractivity contribution in [1.29, 1.82) is 0 Å². The Morgan fingerprint density at radius 2 is 1.52 bits per heavy atom. The van der Waals surface area contributed by atoms with Crippen LogP contribution < -0.4 is 0 Å². The van der Waals surface area contributed by atoms with Crippen LogP contribution in [0.1, 0.15) is 10.4 Å². The molecule has 4 rings (SSSR count). The van der Waals surface area contributed by atoms with Crippen LogP contribution in [0.2, 0.25) is 0 Å². The third-order valence-electron chi connectivity index (χ3n) is 4.29. The second-order valence-electron chi connectivity index (χ2n) is 6.41. The number of rotatable bonds is 3. The molecule has 1 aliphatic rings. The summed E-state index contributed by atoms with van der Waals surface area (Å²) in [5, 5.41) is 8.85. The van der Waals surface area contributed by atoms with E-state index >= 15 is 0 Å². The number of aryl methyl sites for hydroxylation is 1. The molecule has 6 heteroatoms. The molecule has 1 fully saturated rings. The number of carbonyl (C=O) groups is 1. The van der Waals surface area contributed by atoms with E-state index in [0.29, 0.717) is 5.56 Å². The third kappa shape index (κ3) is 5.09. The Kier molecular flexibility index (Phi) is 6.46. The highest BCUT2D eigenvalue weighted by atomic mass is 16.5. The molecule has 1 aromatic heterocycles. The smallest absolute Gasteiger partial charge is 0.150 e. The Hall–Kier alpha value is -2.83. The lowest BCUT2D eigenvalue weighted by Gasteiger charge is -2.21. The summed E-state index contributed by atoms with van der Waals surface area (Å²) in [6, 6.07) is 17.3. The van der Waals surface area contributed by atoms with Crippen molar-refractivity contribution in [1.82, 2.24) is 19.9 Å². The molecule has 1 saturated heterocycles. The summed E-state index contributed by atoms with van der Waals surface area (Å²) in [6.07, 6.45) is 0.835. The van der Waals surface area contributed by atoms with Crippen molar-refractivity contribution >= 4 is 6.29 Å². The van der Waals surface area contributed by atoms with Crippen molar-refractivity contribution in [3.8, 4) is 22.5 Å². The zero-order valence-corrected chi connectivity index (χ0v) is 15.7. The lowest BCUT2D eigenvalue weighted by molar-refractivity contribution is 0.0503.